The van der Waals surface area contributed by atoms with Crippen molar-refractivity contribution in [2.45, 2.75) is 6.61 Å². The SMILES string of the molecule is COCc1c(C(=O)N/N=C\c2ccc(N(C)C)cc2)nnn1-c1nonc1N. The van der Waals surface area contributed by atoms with Crippen molar-refractivity contribution < 1.29 is 14.2 Å². The van der Waals surface area contributed by atoms with Gasteiger partial charge in [-0.1, -0.05) is 17.3 Å². The fourth-order valence-corrected chi connectivity index (χ4v) is 2.33. The number of methoxy groups -OCH3 is 1. The lowest BCUT2D eigenvalue weighted by molar-refractivity contribution is 0.0944. The molecule has 3 aromatic rings. The Bertz CT molecular complexity index is 976. The van der Waals surface area contributed by atoms with E-state index in [0.29, 0.717) is 5.69 Å². The third-order valence-corrected chi connectivity index (χ3v) is 3.74. The second kappa shape index (κ2) is 8.26. The molecule has 146 valence electrons. The van der Waals surface area contributed by atoms with Gasteiger partial charge in [0.2, 0.25) is 11.6 Å². The van der Waals surface area contributed by atoms with Crippen molar-refractivity contribution in [1.82, 2.24) is 30.7 Å². The van der Waals surface area contributed by atoms with E-state index >= 15 is 0 Å². The lowest BCUT2D eigenvalue weighted by Crippen LogP contribution is -2.20. The predicted molar refractivity (Wildman–Crippen MR) is 100 cm³/mol. The minimum atomic E-state index is -0.561. The first-order chi connectivity index (χ1) is 13.5. The number of carbonyl (C=O) groups is 1. The standard InChI is InChI=1S/C16H19N9O3/c1-24(2)11-6-4-10(5-7-11)8-18-20-16(26)13-12(9-27-3)25(23-19-13)15-14(17)21-28-22-15/h4-8H,9H2,1-3H3,(H2,17,21)(H,20,26)/b18-8-. The van der Waals surface area contributed by atoms with Crippen LogP contribution >= 0.6 is 0 Å². The number of hydrogen-bond donors (Lipinski definition) is 2. The topological polar surface area (TPSA) is 150 Å². The molecule has 3 N–H and O–H groups in total. The van der Waals surface area contributed by atoms with Crippen LogP contribution in [0.5, 0.6) is 0 Å². The fraction of sp³-hybridized carbons (Fsp3) is 0.250. The highest BCUT2D eigenvalue weighted by molar-refractivity contribution is 5.94. The molecule has 0 radical (unpaired) electrons. The van der Waals surface area contributed by atoms with Crippen LogP contribution in [0.15, 0.2) is 34.0 Å². The van der Waals surface area contributed by atoms with Crippen LogP contribution in [0.4, 0.5) is 11.5 Å². The minimum absolute atomic E-state index is 0.00778. The molecule has 28 heavy (non-hydrogen) atoms. The summed E-state index contributed by atoms with van der Waals surface area (Å²) in [6.07, 6.45) is 1.53. The summed E-state index contributed by atoms with van der Waals surface area (Å²) in [4.78, 5) is 14.4. The summed E-state index contributed by atoms with van der Waals surface area (Å²) < 4.78 is 10.9. The quantitative estimate of drug-likeness (QED) is 0.430. The maximum Gasteiger partial charge on any atom is 0.293 e. The first kappa shape index (κ1) is 19.0. The summed E-state index contributed by atoms with van der Waals surface area (Å²) in [7, 11) is 5.38. The molecular formula is C16H19N9O3. The average molecular weight is 385 g/mol. The molecule has 12 nitrogen and oxygen atoms in total. The van der Waals surface area contributed by atoms with E-state index in [1.807, 2.05) is 43.3 Å². The van der Waals surface area contributed by atoms with E-state index in [1.165, 1.54) is 18.0 Å². The zero-order chi connectivity index (χ0) is 20.1. The fourth-order valence-electron chi connectivity index (χ4n) is 2.33. The Labute approximate surface area is 159 Å². The van der Waals surface area contributed by atoms with Crippen molar-refractivity contribution in [2.24, 2.45) is 5.10 Å². The third kappa shape index (κ3) is 3.96. The van der Waals surface area contributed by atoms with E-state index in [2.05, 4.69) is 35.8 Å². The Hall–Kier alpha value is -3.80. The largest absolute Gasteiger partial charge is 0.378 e. The van der Waals surface area contributed by atoms with E-state index in [0.717, 1.165) is 11.3 Å². The van der Waals surface area contributed by atoms with Crippen molar-refractivity contribution in [3.63, 3.8) is 0 Å². The van der Waals surface area contributed by atoms with E-state index < -0.39 is 5.91 Å². The Morgan fingerprint density at radius 3 is 2.71 bits per heavy atom. The van der Waals surface area contributed by atoms with Gasteiger partial charge in [0.25, 0.3) is 5.91 Å². The number of ether oxygens (including phenoxy) is 1. The molecule has 3 rings (SSSR count). The Morgan fingerprint density at radius 2 is 2.11 bits per heavy atom. The van der Waals surface area contributed by atoms with Gasteiger partial charge >= 0.3 is 0 Å². The number of aromatic nitrogens is 5. The van der Waals surface area contributed by atoms with Crippen molar-refractivity contribution in [3.8, 4) is 5.82 Å². The number of hydrazone groups is 1. The molecule has 0 saturated carbocycles. The molecule has 0 aliphatic carbocycles. The normalized spacial score (nSPS) is 11.1. The van der Waals surface area contributed by atoms with Gasteiger partial charge in [-0.15, -0.1) is 5.10 Å². The number of carbonyl (C=O) groups excluding carboxylic acids is 1. The van der Waals surface area contributed by atoms with Crippen LogP contribution < -0.4 is 16.1 Å². The van der Waals surface area contributed by atoms with E-state index in [1.54, 1.807) is 0 Å². The third-order valence-electron chi connectivity index (χ3n) is 3.74. The molecule has 2 aromatic heterocycles. The summed E-state index contributed by atoms with van der Waals surface area (Å²) in [5, 5.41) is 18.8. The van der Waals surface area contributed by atoms with Gasteiger partial charge in [-0.2, -0.15) is 9.78 Å². The van der Waals surface area contributed by atoms with Gasteiger partial charge in [-0.05, 0) is 28.0 Å². The lowest BCUT2D eigenvalue weighted by Gasteiger charge is -2.11. The number of hydrogen-bond acceptors (Lipinski definition) is 10. The van der Waals surface area contributed by atoms with Gasteiger partial charge in [0.1, 0.15) is 5.69 Å². The van der Waals surface area contributed by atoms with Gasteiger partial charge in [0, 0.05) is 26.9 Å². The molecule has 0 aliphatic rings. The summed E-state index contributed by atoms with van der Waals surface area (Å²) >= 11 is 0. The molecule has 0 saturated heterocycles. The molecule has 0 aliphatic heterocycles. The molecular weight excluding hydrogens is 366 g/mol. The molecule has 1 amide bonds. The minimum Gasteiger partial charge on any atom is -0.378 e. The number of nitrogens with two attached hydrogens (primary N) is 1. The maximum atomic E-state index is 12.4. The summed E-state index contributed by atoms with van der Waals surface area (Å²) in [5.41, 5.74) is 10.3. The molecule has 0 fully saturated rings. The summed E-state index contributed by atoms with van der Waals surface area (Å²) in [6.45, 7) is 0.0394. The Balaban J connectivity index is 1.75. The van der Waals surface area contributed by atoms with E-state index in [9.17, 15) is 4.79 Å². The smallest absolute Gasteiger partial charge is 0.293 e. The Kier molecular flexibility index (Phi) is 5.60. The maximum absolute atomic E-state index is 12.4. The van der Waals surface area contributed by atoms with Gasteiger partial charge < -0.3 is 15.4 Å². The second-order valence-corrected chi connectivity index (χ2v) is 5.89. The van der Waals surface area contributed by atoms with Crippen molar-refractivity contribution in [1.29, 1.82) is 0 Å². The van der Waals surface area contributed by atoms with Crippen LogP contribution in [0.3, 0.4) is 0 Å². The summed E-state index contributed by atoms with van der Waals surface area (Å²) in [5.74, 6) is -0.439. The highest BCUT2D eigenvalue weighted by Crippen LogP contribution is 2.16. The van der Waals surface area contributed by atoms with Crippen LogP contribution in [0, 0.1) is 0 Å². The number of rotatable bonds is 7. The number of nitrogens with zero attached hydrogens (tertiary/aromatic N) is 7. The highest BCUT2D eigenvalue weighted by atomic mass is 16.6. The van der Waals surface area contributed by atoms with Crippen LogP contribution in [0.1, 0.15) is 21.7 Å². The van der Waals surface area contributed by atoms with Crippen LogP contribution in [0.25, 0.3) is 5.82 Å². The number of benzene rings is 1. The van der Waals surface area contributed by atoms with Crippen molar-refractivity contribution in [3.05, 3.63) is 41.2 Å². The van der Waals surface area contributed by atoms with Crippen LogP contribution in [-0.2, 0) is 11.3 Å². The zero-order valence-electron chi connectivity index (χ0n) is 15.5. The summed E-state index contributed by atoms with van der Waals surface area (Å²) in [6, 6.07) is 7.67. The average Bonchev–Trinajstić information content (AvgIpc) is 3.28. The molecule has 0 spiro atoms. The molecule has 2 heterocycles. The molecule has 0 unspecified atom stereocenters. The first-order valence-corrected chi connectivity index (χ1v) is 8.14. The van der Waals surface area contributed by atoms with Crippen LogP contribution in [0.2, 0.25) is 0 Å². The van der Waals surface area contributed by atoms with Gasteiger partial charge in [-0.25, -0.2) is 10.1 Å². The number of anilines is 2. The monoisotopic (exact) mass is 385 g/mol. The van der Waals surface area contributed by atoms with Gasteiger partial charge in [0.05, 0.1) is 12.8 Å². The number of nitrogen functional groups attached to an aromatic ring is 1. The van der Waals surface area contributed by atoms with Crippen molar-refractivity contribution >= 4 is 23.6 Å². The lowest BCUT2D eigenvalue weighted by atomic mass is 10.2. The first-order valence-electron chi connectivity index (χ1n) is 8.14. The van der Waals surface area contributed by atoms with Crippen LogP contribution in [-0.4, -0.2) is 58.6 Å². The molecule has 0 bridgehead atoms. The van der Waals surface area contributed by atoms with E-state index in [4.69, 9.17) is 10.5 Å². The molecule has 0 atom stereocenters. The predicted octanol–water partition coefficient (Wildman–Crippen LogP) is 0.209. The Morgan fingerprint density at radius 1 is 1.36 bits per heavy atom. The van der Waals surface area contributed by atoms with Crippen molar-refractivity contribution in [2.75, 3.05) is 31.8 Å². The van der Waals surface area contributed by atoms with Gasteiger partial charge in [-0.3, -0.25) is 4.79 Å². The number of nitrogens with one attached hydrogen (secondary N) is 1. The van der Waals surface area contributed by atoms with E-state index in [-0.39, 0.29) is 23.9 Å². The molecule has 1 aromatic carbocycles. The zero-order valence-corrected chi connectivity index (χ0v) is 15.5. The number of amides is 1. The van der Waals surface area contributed by atoms with Gasteiger partial charge in [0.15, 0.2) is 5.69 Å². The highest BCUT2D eigenvalue weighted by Gasteiger charge is 2.23. The second-order valence-electron chi connectivity index (χ2n) is 5.89. The molecule has 12 heteroatoms.